The highest BCUT2D eigenvalue weighted by Gasteiger charge is 2.25. The first kappa shape index (κ1) is 22.4. The van der Waals surface area contributed by atoms with Gasteiger partial charge in [0.25, 0.3) is 0 Å². The molecule has 154 valence electrons. The van der Waals surface area contributed by atoms with Crippen LogP contribution in [0.2, 0.25) is 0 Å². The Labute approximate surface area is 181 Å². The molecule has 0 radical (unpaired) electrons. The number of benzene rings is 1. The van der Waals surface area contributed by atoms with Crippen molar-refractivity contribution in [2.24, 2.45) is 12.0 Å². The van der Waals surface area contributed by atoms with E-state index in [-0.39, 0.29) is 30.0 Å². The fourth-order valence-electron chi connectivity index (χ4n) is 3.32. The van der Waals surface area contributed by atoms with Crippen molar-refractivity contribution in [3.05, 3.63) is 47.8 Å². The number of nitrogens with one attached hydrogen (secondary N) is 2. The van der Waals surface area contributed by atoms with Gasteiger partial charge in [-0.2, -0.15) is 5.10 Å². The van der Waals surface area contributed by atoms with Crippen LogP contribution in [0.25, 0.3) is 0 Å². The number of hydrogen-bond donors (Lipinski definition) is 2. The van der Waals surface area contributed by atoms with E-state index in [1.165, 1.54) is 17.7 Å². The topological polar surface area (TPSA) is 57.5 Å². The largest absolute Gasteiger partial charge is 0.367 e. The lowest BCUT2D eigenvalue weighted by Gasteiger charge is -2.21. The van der Waals surface area contributed by atoms with E-state index in [0.717, 1.165) is 44.4 Å². The summed E-state index contributed by atoms with van der Waals surface area (Å²) < 4.78 is 28.9. The van der Waals surface area contributed by atoms with E-state index < -0.39 is 11.6 Å². The molecule has 2 N–H and O–H groups in total. The Hall–Kier alpha value is -1.91. The molecule has 1 unspecified atom stereocenters. The zero-order valence-corrected chi connectivity index (χ0v) is 18.5. The first-order valence-corrected chi connectivity index (χ1v) is 9.20. The number of hydrogen-bond acceptors (Lipinski definition) is 3. The molecule has 1 aliphatic heterocycles. The van der Waals surface area contributed by atoms with Crippen molar-refractivity contribution in [1.82, 2.24) is 20.4 Å². The van der Waals surface area contributed by atoms with Gasteiger partial charge in [-0.15, -0.1) is 24.0 Å². The van der Waals surface area contributed by atoms with Crippen molar-refractivity contribution in [3.63, 3.8) is 0 Å². The molecule has 2 heterocycles. The first-order chi connectivity index (χ1) is 13.0. The summed E-state index contributed by atoms with van der Waals surface area (Å²) in [6.45, 7) is 2.18. The van der Waals surface area contributed by atoms with Gasteiger partial charge in [-0.25, -0.2) is 8.78 Å². The number of aliphatic imine (C=N–C) groups is 1. The Kier molecular flexibility index (Phi) is 8.46. The molecule has 1 saturated heterocycles. The maximum Gasteiger partial charge on any atom is 0.191 e. The van der Waals surface area contributed by atoms with Gasteiger partial charge in [0.15, 0.2) is 5.96 Å². The number of anilines is 1. The fraction of sp³-hybridized carbons (Fsp3) is 0.474. The summed E-state index contributed by atoms with van der Waals surface area (Å²) in [5.74, 6) is -0.331. The van der Waals surface area contributed by atoms with Crippen LogP contribution in [0, 0.1) is 11.6 Å². The molecule has 1 atom stereocenters. The predicted molar refractivity (Wildman–Crippen MR) is 118 cm³/mol. The quantitative estimate of drug-likeness (QED) is 0.275. The number of nitrogens with zero attached hydrogens (tertiary/aromatic N) is 4. The minimum atomic E-state index is -0.555. The molecule has 0 amide bonds. The zero-order valence-electron chi connectivity index (χ0n) is 16.2. The van der Waals surface area contributed by atoms with Crippen LogP contribution in [0.1, 0.15) is 18.4 Å². The average Bonchev–Trinajstić information content (AvgIpc) is 3.26. The van der Waals surface area contributed by atoms with E-state index in [1.807, 2.05) is 24.3 Å². The Morgan fingerprint density at radius 2 is 2.18 bits per heavy atom. The number of rotatable bonds is 6. The lowest BCUT2D eigenvalue weighted by atomic mass is 10.2. The number of aryl methyl sites for hydroxylation is 2. The van der Waals surface area contributed by atoms with Crippen LogP contribution in [0.4, 0.5) is 14.5 Å². The summed E-state index contributed by atoms with van der Waals surface area (Å²) in [4.78, 5) is 6.20. The zero-order chi connectivity index (χ0) is 19.2. The lowest BCUT2D eigenvalue weighted by Crippen LogP contribution is -2.45. The van der Waals surface area contributed by atoms with Gasteiger partial charge < -0.3 is 15.5 Å². The van der Waals surface area contributed by atoms with E-state index in [2.05, 4.69) is 20.7 Å². The molecule has 0 bridgehead atoms. The molecule has 0 saturated carbocycles. The molecule has 2 aromatic rings. The third-order valence-corrected chi connectivity index (χ3v) is 4.70. The number of aromatic nitrogens is 2. The van der Waals surface area contributed by atoms with Crippen LogP contribution >= 0.6 is 24.0 Å². The number of halogens is 3. The molecule has 1 aromatic carbocycles. The van der Waals surface area contributed by atoms with Crippen molar-refractivity contribution in [1.29, 1.82) is 0 Å². The third kappa shape index (κ3) is 6.05. The SMILES string of the molecule is CN=C(NCCCc1cnn(C)c1)NC1CCN(c2ccc(F)cc2F)C1.I. The van der Waals surface area contributed by atoms with Crippen LogP contribution in [0.5, 0.6) is 0 Å². The fourth-order valence-corrected chi connectivity index (χ4v) is 3.32. The summed E-state index contributed by atoms with van der Waals surface area (Å²) >= 11 is 0. The summed E-state index contributed by atoms with van der Waals surface area (Å²) in [7, 11) is 3.65. The highest BCUT2D eigenvalue weighted by atomic mass is 127. The molecule has 1 aliphatic rings. The van der Waals surface area contributed by atoms with Gasteiger partial charge in [0.1, 0.15) is 11.6 Å². The second-order valence-corrected chi connectivity index (χ2v) is 6.80. The predicted octanol–water partition coefficient (Wildman–Crippen LogP) is 2.69. The molecule has 6 nitrogen and oxygen atoms in total. The van der Waals surface area contributed by atoms with Gasteiger partial charge in [0, 0.05) is 52.0 Å². The van der Waals surface area contributed by atoms with Crippen LogP contribution in [0.15, 0.2) is 35.6 Å². The van der Waals surface area contributed by atoms with Gasteiger partial charge in [0.2, 0.25) is 0 Å². The van der Waals surface area contributed by atoms with Crippen molar-refractivity contribution in [2.75, 3.05) is 31.6 Å². The highest BCUT2D eigenvalue weighted by molar-refractivity contribution is 14.0. The first-order valence-electron chi connectivity index (χ1n) is 9.20. The second-order valence-electron chi connectivity index (χ2n) is 6.80. The maximum atomic E-state index is 14.0. The van der Waals surface area contributed by atoms with Crippen LogP contribution in [-0.4, -0.2) is 48.5 Å². The normalized spacial score (nSPS) is 16.8. The molecule has 1 aromatic heterocycles. The van der Waals surface area contributed by atoms with Crippen molar-refractivity contribution in [2.45, 2.75) is 25.3 Å². The summed E-state index contributed by atoms with van der Waals surface area (Å²) in [5.41, 5.74) is 1.66. The Balaban J connectivity index is 0.00000280. The minimum Gasteiger partial charge on any atom is -0.367 e. The van der Waals surface area contributed by atoms with Gasteiger partial charge in [-0.05, 0) is 37.0 Å². The maximum absolute atomic E-state index is 14.0. The molecular weight excluding hydrogens is 477 g/mol. The molecular formula is C19H27F2IN6. The van der Waals surface area contributed by atoms with Gasteiger partial charge >= 0.3 is 0 Å². The van der Waals surface area contributed by atoms with Gasteiger partial charge in [0.05, 0.1) is 11.9 Å². The van der Waals surface area contributed by atoms with Crippen LogP contribution in [0.3, 0.4) is 0 Å². The van der Waals surface area contributed by atoms with E-state index in [1.54, 1.807) is 11.7 Å². The Morgan fingerprint density at radius 1 is 1.36 bits per heavy atom. The van der Waals surface area contributed by atoms with Gasteiger partial charge in [-0.3, -0.25) is 9.67 Å². The molecule has 0 spiro atoms. The van der Waals surface area contributed by atoms with E-state index in [0.29, 0.717) is 12.2 Å². The average molecular weight is 504 g/mol. The lowest BCUT2D eigenvalue weighted by molar-refractivity contribution is 0.580. The van der Waals surface area contributed by atoms with E-state index in [4.69, 9.17) is 0 Å². The van der Waals surface area contributed by atoms with Crippen molar-refractivity contribution < 1.29 is 8.78 Å². The number of guanidine groups is 1. The van der Waals surface area contributed by atoms with Crippen molar-refractivity contribution >= 4 is 35.6 Å². The van der Waals surface area contributed by atoms with Crippen LogP contribution < -0.4 is 15.5 Å². The molecule has 3 rings (SSSR count). The summed E-state index contributed by atoms with van der Waals surface area (Å²) in [5, 5.41) is 10.9. The minimum absolute atomic E-state index is 0. The molecule has 28 heavy (non-hydrogen) atoms. The molecule has 0 aliphatic carbocycles. The van der Waals surface area contributed by atoms with Crippen LogP contribution in [-0.2, 0) is 13.5 Å². The third-order valence-electron chi connectivity index (χ3n) is 4.70. The van der Waals surface area contributed by atoms with E-state index >= 15 is 0 Å². The molecule has 1 fully saturated rings. The monoisotopic (exact) mass is 504 g/mol. The molecule has 9 heteroatoms. The van der Waals surface area contributed by atoms with Crippen molar-refractivity contribution in [3.8, 4) is 0 Å². The Morgan fingerprint density at radius 3 is 2.86 bits per heavy atom. The highest BCUT2D eigenvalue weighted by Crippen LogP contribution is 2.24. The summed E-state index contributed by atoms with van der Waals surface area (Å²) in [6.07, 6.45) is 6.71. The van der Waals surface area contributed by atoms with E-state index in [9.17, 15) is 8.78 Å². The summed E-state index contributed by atoms with van der Waals surface area (Å²) in [6, 6.07) is 3.89. The standard InChI is InChI=1S/C19H26F2N6.HI/c1-22-19(23-8-3-4-14-11-24-26(2)12-14)25-16-7-9-27(13-16)18-6-5-15(20)10-17(18)21;/h5-6,10-12,16H,3-4,7-9,13H2,1-2H3,(H2,22,23,25);1H. The van der Waals surface area contributed by atoms with Gasteiger partial charge in [-0.1, -0.05) is 0 Å². The Bertz CT molecular complexity index is 794. The second kappa shape index (κ2) is 10.6. The smallest absolute Gasteiger partial charge is 0.191 e.